The molecule has 0 heterocycles. The van der Waals surface area contributed by atoms with E-state index in [0.29, 0.717) is 24.2 Å². The summed E-state index contributed by atoms with van der Waals surface area (Å²) in [7, 11) is 0. The molecule has 0 fully saturated rings. The molecule has 0 radical (unpaired) electrons. The van der Waals surface area contributed by atoms with Crippen LogP contribution < -0.4 is 0 Å². The first-order valence-electron chi connectivity index (χ1n) is 3.80. The molecule has 13 heavy (non-hydrogen) atoms. The second-order valence-corrected chi connectivity index (χ2v) is 3.15. The maximum Gasteiger partial charge on any atom is 0.261 e. The van der Waals surface area contributed by atoms with Gasteiger partial charge >= 0.3 is 0 Å². The molecule has 0 atom stereocenters. The highest BCUT2D eigenvalue weighted by molar-refractivity contribution is 7.93. The molecule has 0 saturated heterocycles. The highest BCUT2D eigenvalue weighted by Crippen LogP contribution is 2.18. The molecule has 0 aromatic rings. The zero-order chi connectivity index (χ0) is 10.7. The molecule has 0 saturated carbocycles. The fourth-order valence-corrected chi connectivity index (χ4v) is 0.641. The Labute approximate surface area is 85.9 Å². The van der Waals surface area contributed by atoms with Crippen LogP contribution in [-0.2, 0) is 0 Å². The monoisotopic (exact) mass is 238 g/mol. The zero-order valence-electron chi connectivity index (χ0n) is 7.40. The minimum absolute atomic E-state index is 0.170. The SMILES string of the molecule is CCC(F)(F)CCl.OSCCCF. The first-order chi connectivity index (χ1) is 6.04. The second kappa shape index (κ2) is 10.5. The summed E-state index contributed by atoms with van der Waals surface area (Å²) in [5, 5.41) is 0. The van der Waals surface area contributed by atoms with Crippen molar-refractivity contribution in [3.8, 4) is 0 Å². The van der Waals surface area contributed by atoms with Gasteiger partial charge in [0.2, 0.25) is 0 Å². The van der Waals surface area contributed by atoms with Crippen LogP contribution in [0.1, 0.15) is 19.8 Å². The van der Waals surface area contributed by atoms with Crippen LogP contribution in [0.15, 0.2) is 0 Å². The van der Waals surface area contributed by atoms with Crippen molar-refractivity contribution in [2.24, 2.45) is 0 Å². The number of alkyl halides is 4. The molecular formula is C7H14ClF3OS. The lowest BCUT2D eigenvalue weighted by Crippen LogP contribution is -2.15. The average Bonchev–Trinajstić information content (AvgIpc) is 2.16. The molecule has 0 aliphatic heterocycles. The Morgan fingerprint density at radius 2 is 2.00 bits per heavy atom. The summed E-state index contributed by atoms with van der Waals surface area (Å²) in [5.74, 6) is -2.71. The fourth-order valence-electron chi connectivity index (χ4n) is 0.214. The molecular weight excluding hydrogens is 225 g/mol. The average molecular weight is 239 g/mol. The van der Waals surface area contributed by atoms with E-state index in [4.69, 9.17) is 16.2 Å². The van der Waals surface area contributed by atoms with Gasteiger partial charge in [-0.2, -0.15) is 0 Å². The van der Waals surface area contributed by atoms with Crippen molar-refractivity contribution < 1.29 is 17.7 Å². The van der Waals surface area contributed by atoms with E-state index in [2.05, 4.69) is 0 Å². The normalized spacial score (nSPS) is 10.6. The van der Waals surface area contributed by atoms with E-state index in [0.717, 1.165) is 0 Å². The van der Waals surface area contributed by atoms with E-state index in [1.807, 2.05) is 0 Å². The van der Waals surface area contributed by atoms with Crippen molar-refractivity contribution in [1.82, 2.24) is 0 Å². The zero-order valence-corrected chi connectivity index (χ0v) is 8.98. The molecule has 1 N–H and O–H groups in total. The Kier molecular flexibility index (Phi) is 12.8. The quantitative estimate of drug-likeness (QED) is 0.446. The van der Waals surface area contributed by atoms with Crippen molar-refractivity contribution in [3.05, 3.63) is 0 Å². The molecule has 0 aromatic heterocycles. The first kappa shape index (κ1) is 15.8. The van der Waals surface area contributed by atoms with Gasteiger partial charge in [-0.3, -0.25) is 4.39 Å². The van der Waals surface area contributed by atoms with E-state index >= 15 is 0 Å². The third-order valence-electron chi connectivity index (χ3n) is 1.08. The van der Waals surface area contributed by atoms with Gasteiger partial charge in [0.05, 0.1) is 12.6 Å². The molecule has 0 aromatic carbocycles. The summed E-state index contributed by atoms with van der Waals surface area (Å²) in [6, 6.07) is 0. The van der Waals surface area contributed by atoms with Gasteiger partial charge in [-0.05, 0) is 18.5 Å². The van der Waals surface area contributed by atoms with Gasteiger partial charge < -0.3 is 4.55 Å². The molecule has 1 nitrogen and oxygen atoms in total. The maximum atomic E-state index is 11.8. The van der Waals surface area contributed by atoms with Crippen LogP contribution in [0.4, 0.5) is 13.2 Å². The molecule has 6 heteroatoms. The predicted molar refractivity (Wildman–Crippen MR) is 51.6 cm³/mol. The lowest BCUT2D eigenvalue weighted by atomic mass is 10.3. The molecule has 82 valence electrons. The van der Waals surface area contributed by atoms with Gasteiger partial charge in [-0.15, -0.1) is 11.6 Å². The summed E-state index contributed by atoms with van der Waals surface area (Å²) in [6.45, 7) is 1.08. The van der Waals surface area contributed by atoms with Crippen molar-refractivity contribution in [1.29, 1.82) is 0 Å². The highest BCUT2D eigenvalue weighted by Gasteiger charge is 2.23. The summed E-state index contributed by atoms with van der Waals surface area (Å²) in [5.41, 5.74) is 0. The van der Waals surface area contributed by atoms with Crippen molar-refractivity contribution in [2.45, 2.75) is 25.7 Å². The second-order valence-electron chi connectivity index (χ2n) is 2.22. The van der Waals surface area contributed by atoms with Crippen LogP contribution >= 0.6 is 23.6 Å². The fraction of sp³-hybridized carbons (Fsp3) is 1.00. The van der Waals surface area contributed by atoms with Gasteiger partial charge in [0.15, 0.2) is 0 Å². The van der Waals surface area contributed by atoms with Crippen LogP contribution in [0.5, 0.6) is 0 Å². The minimum Gasteiger partial charge on any atom is -0.330 e. The maximum absolute atomic E-state index is 11.8. The van der Waals surface area contributed by atoms with Crippen molar-refractivity contribution in [2.75, 3.05) is 18.3 Å². The van der Waals surface area contributed by atoms with Crippen molar-refractivity contribution >= 4 is 23.6 Å². The summed E-state index contributed by atoms with van der Waals surface area (Å²) in [6.07, 6.45) is 0.289. The van der Waals surface area contributed by atoms with E-state index in [1.54, 1.807) is 0 Å². The molecule has 0 rings (SSSR count). The number of hydrogen-bond donors (Lipinski definition) is 1. The Morgan fingerprint density at radius 1 is 1.46 bits per heavy atom. The van der Waals surface area contributed by atoms with Crippen LogP contribution in [0.25, 0.3) is 0 Å². The standard InChI is InChI=1S/C4H7ClF2.C3H7FOS/c1-2-4(6,7)3-5;4-2-1-3-6-5/h2-3H2,1H3;5H,1-3H2. The van der Waals surface area contributed by atoms with Crippen LogP contribution in [-0.4, -0.2) is 28.8 Å². The Hall–Kier alpha value is 0.390. The lowest BCUT2D eigenvalue weighted by Gasteiger charge is -2.06. The van der Waals surface area contributed by atoms with Crippen LogP contribution in [0, 0.1) is 0 Å². The molecule has 0 spiro atoms. The first-order valence-corrected chi connectivity index (χ1v) is 5.27. The molecule has 0 amide bonds. The molecule has 0 aliphatic rings. The minimum atomic E-state index is -2.65. The van der Waals surface area contributed by atoms with Gasteiger partial charge in [-0.25, -0.2) is 8.78 Å². The summed E-state index contributed by atoms with van der Waals surface area (Å²) < 4.78 is 42.5. The van der Waals surface area contributed by atoms with E-state index < -0.39 is 11.8 Å². The molecule has 0 bridgehead atoms. The Balaban J connectivity index is 0. The number of hydrogen-bond acceptors (Lipinski definition) is 2. The summed E-state index contributed by atoms with van der Waals surface area (Å²) in [4.78, 5) is 0. The van der Waals surface area contributed by atoms with Crippen LogP contribution in [0.2, 0.25) is 0 Å². The van der Waals surface area contributed by atoms with Gasteiger partial charge in [0.25, 0.3) is 5.92 Å². The topological polar surface area (TPSA) is 20.2 Å². The van der Waals surface area contributed by atoms with Crippen LogP contribution in [0.3, 0.4) is 0 Å². The third-order valence-corrected chi connectivity index (χ3v) is 1.94. The smallest absolute Gasteiger partial charge is 0.261 e. The Bertz CT molecular complexity index is 95.7. The highest BCUT2D eigenvalue weighted by atomic mass is 35.5. The third kappa shape index (κ3) is 15.2. The molecule has 0 unspecified atom stereocenters. The van der Waals surface area contributed by atoms with Gasteiger partial charge in [0, 0.05) is 12.2 Å². The van der Waals surface area contributed by atoms with Crippen molar-refractivity contribution in [3.63, 3.8) is 0 Å². The van der Waals surface area contributed by atoms with E-state index in [9.17, 15) is 13.2 Å². The number of halogens is 4. The lowest BCUT2D eigenvalue weighted by molar-refractivity contribution is 0.0220. The Morgan fingerprint density at radius 3 is 2.08 bits per heavy atom. The summed E-state index contributed by atoms with van der Waals surface area (Å²) >= 11 is 5.53. The van der Waals surface area contributed by atoms with E-state index in [-0.39, 0.29) is 13.1 Å². The van der Waals surface area contributed by atoms with E-state index in [1.165, 1.54) is 6.92 Å². The largest absolute Gasteiger partial charge is 0.330 e. The predicted octanol–water partition coefficient (Wildman–Crippen LogP) is 3.82. The van der Waals surface area contributed by atoms with Gasteiger partial charge in [-0.1, -0.05) is 6.92 Å². The van der Waals surface area contributed by atoms with Gasteiger partial charge in [0.1, 0.15) is 0 Å². The molecule has 0 aliphatic carbocycles. The number of rotatable bonds is 5.